The van der Waals surface area contributed by atoms with Gasteiger partial charge in [0.1, 0.15) is 18.1 Å². The first-order valence-corrected chi connectivity index (χ1v) is 9.82. The van der Waals surface area contributed by atoms with Crippen molar-refractivity contribution in [1.82, 2.24) is 0 Å². The van der Waals surface area contributed by atoms with Gasteiger partial charge in [0.2, 0.25) is 5.78 Å². The third-order valence-corrected chi connectivity index (χ3v) is 4.80. The van der Waals surface area contributed by atoms with E-state index in [-0.39, 0.29) is 11.5 Å². The van der Waals surface area contributed by atoms with Crippen LogP contribution in [0.4, 0.5) is 0 Å². The van der Waals surface area contributed by atoms with Crippen molar-refractivity contribution in [3.05, 3.63) is 95.3 Å². The Morgan fingerprint density at radius 1 is 0.871 bits per heavy atom. The summed E-state index contributed by atoms with van der Waals surface area (Å²) < 4.78 is 22.1. The smallest absolute Gasteiger partial charge is 0.231 e. The monoisotopic (exact) mass is 414 g/mol. The summed E-state index contributed by atoms with van der Waals surface area (Å²) >= 11 is 0. The minimum Gasteiger partial charge on any atom is -0.493 e. The molecule has 3 aromatic rings. The second-order valence-electron chi connectivity index (χ2n) is 6.84. The molecule has 0 fully saturated rings. The van der Waals surface area contributed by atoms with Crippen molar-refractivity contribution >= 4 is 17.9 Å². The molecule has 0 unspecified atom stereocenters. The van der Waals surface area contributed by atoms with E-state index in [2.05, 4.69) is 0 Å². The van der Waals surface area contributed by atoms with E-state index in [1.54, 1.807) is 50.6 Å². The molecule has 0 saturated carbocycles. The van der Waals surface area contributed by atoms with Crippen molar-refractivity contribution in [2.75, 3.05) is 20.8 Å². The number of benzene rings is 3. The largest absolute Gasteiger partial charge is 0.493 e. The molecule has 156 valence electrons. The number of allylic oxidation sites excluding steroid dienone is 1. The Balaban J connectivity index is 1.45. The summed E-state index contributed by atoms with van der Waals surface area (Å²) in [5, 5.41) is 0. The van der Waals surface area contributed by atoms with Crippen molar-refractivity contribution in [2.45, 2.75) is 0 Å². The summed E-state index contributed by atoms with van der Waals surface area (Å²) in [4.78, 5) is 12.7. The Hall–Kier alpha value is -3.99. The molecule has 0 radical (unpaired) electrons. The lowest BCUT2D eigenvalue weighted by atomic mass is 10.1. The van der Waals surface area contributed by atoms with E-state index in [4.69, 9.17) is 18.9 Å². The van der Waals surface area contributed by atoms with Crippen LogP contribution < -0.4 is 18.9 Å². The lowest BCUT2D eigenvalue weighted by molar-refractivity contribution is 0.101. The molecule has 0 bridgehead atoms. The molecular weight excluding hydrogens is 392 g/mol. The highest BCUT2D eigenvalue weighted by molar-refractivity contribution is 6.14. The number of methoxy groups -OCH3 is 2. The SMILES string of the molecule is COc1ccc(/C=C2\Oc3cc(OC/C=C/c4ccccc4)ccc3C2=O)cc1OC. The third kappa shape index (κ3) is 4.61. The first-order valence-electron chi connectivity index (χ1n) is 9.82. The number of Topliss-reactive ketones (excluding diaryl/α,β-unsaturated/α-hetero) is 1. The number of hydrogen-bond donors (Lipinski definition) is 0. The summed E-state index contributed by atoms with van der Waals surface area (Å²) in [6.07, 6.45) is 5.63. The molecule has 0 amide bonds. The lowest BCUT2D eigenvalue weighted by Crippen LogP contribution is -1.98. The zero-order chi connectivity index (χ0) is 21.6. The summed E-state index contributed by atoms with van der Waals surface area (Å²) in [6.45, 7) is 0.413. The predicted octanol–water partition coefficient (Wildman–Crippen LogP) is 5.41. The molecule has 0 aliphatic carbocycles. The Morgan fingerprint density at radius 3 is 2.45 bits per heavy atom. The molecule has 0 atom stereocenters. The highest BCUT2D eigenvalue weighted by Crippen LogP contribution is 2.36. The molecule has 4 rings (SSSR count). The normalized spacial score (nSPS) is 13.9. The molecule has 0 spiro atoms. The van der Waals surface area contributed by atoms with Crippen molar-refractivity contribution < 1.29 is 23.7 Å². The maximum atomic E-state index is 12.7. The predicted molar refractivity (Wildman–Crippen MR) is 120 cm³/mol. The van der Waals surface area contributed by atoms with Crippen LogP contribution >= 0.6 is 0 Å². The van der Waals surface area contributed by atoms with Crippen LogP contribution in [0, 0.1) is 0 Å². The second-order valence-corrected chi connectivity index (χ2v) is 6.84. The number of fused-ring (bicyclic) bond motifs is 1. The molecule has 1 aliphatic rings. The van der Waals surface area contributed by atoms with Crippen molar-refractivity contribution in [2.24, 2.45) is 0 Å². The van der Waals surface area contributed by atoms with Crippen LogP contribution in [0.1, 0.15) is 21.5 Å². The zero-order valence-electron chi connectivity index (χ0n) is 17.3. The maximum absolute atomic E-state index is 12.7. The number of hydrogen-bond acceptors (Lipinski definition) is 5. The fourth-order valence-corrected chi connectivity index (χ4v) is 3.24. The van der Waals surface area contributed by atoms with Gasteiger partial charge in [-0.3, -0.25) is 4.79 Å². The van der Waals surface area contributed by atoms with Gasteiger partial charge >= 0.3 is 0 Å². The van der Waals surface area contributed by atoms with Crippen LogP contribution in [0.3, 0.4) is 0 Å². The Labute approximate surface area is 181 Å². The number of ether oxygens (including phenoxy) is 4. The van der Waals surface area contributed by atoms with E-state index < -0.39 is 0 Å². The Kier molecular flexibility index (Phi) is 6.03. The molecule has 1 aliphatic heterocycles. The van der Waals surface area contributed by atoms with Gasteiger partial charge in [0.05, 0.1) is 19.8 Å². The summed E-state index contributed by atoms with van der Waals surface area (Å²) in [5.41, 5.74) is 2.40. The van der Waals surface area contributed by atoms with Crippen LogP contribution in [-0.4, -0.2) is 26.6 Å². The number of rotatable bonds is 7. The van der Waals surface area contributed by atoms with Gasteiger partial charge in [-0.15, -0.1) is 0 Å². The van der Waals surface area contributed by atoms with Gasteiger partial charge in [-0.1, -0.05) is 42.5 Å². The molecule has 5 nitrogen and oxygen atoms in total. The van der Waals surface area contributed by atoms with Crippen LogP contribution in [0.5, 0.6) is 23.0 Å². The van der Waals surface area contributed by atoms with Gasteiger partial charge in [-0.2, -0.15) is 0 Å². The third-order valence-electron chi connectivity index (χ3n) is 4.80. The topological polar surface area (TPSA) is 54.0 Å². The Morgan fingerprint density at radius 2 is 1.68 bits per heavy atom. The summed E-state index contributed by atoms with van der Waals surface area (Å²) in [5.74, 6) is 2.41. The van der Waals surface area contributed by atoms with Gasteiger partial charge in [-0.05, 0) is 47.5 Å². The highest BCUT2D eigenvalue weighted by Gasteiger charge is 2.27. The molecule has 0 saturated heterocycles. The minimum absolute atomic E-state index is 0.166. The van der Waals surface area contributed by atoms with Crippen molar-refractivity contribution in [3.8, 4) is 23.0 Å². The van der Waals surface area contributed by atoms with Gasteiger partial charge in [0.25, 0.3) is 0 Å². The van der Waals surface area contributed by atoms with E-state index in [0.29, 0.717) is 35.2 Å². The molecule has 3 aromatic carbocycles. The quantitative estimate of drug-likeness (QED) is 0.484. The maximum Gasteiger partial charge on any atom is 0.231 e. The standard InChI is InChI=1S/C26H22O5/c1-28-22-13-10-19(15-24(22)29-2)16-25-26(27)21-12-11-20(17-23(21)31-25)30-14-6-9-18-7-4-3-5-8-18/h3-13,15-17H,14H2,1-2H3/b9-6+,25-16-. The van der Waals surface area contributed by atoms with Gasteiger partial charge in [0, 0.05) is 6.07 Å². The van der Waals surface area contributed by atoms with Gasteiger partial charge < -0.3 is 18.9 Å². The van der Waals surface area contributed by atoms with Crippen LogP contribution in [0.25, 0.3) is 12.2 Å². The molecule has 0 N–H and O–H groups in total. The lowest BCUT2D eigenvalue weighted by Gasteiger charge is -2.08. The summed E-state index contributed by atoms with van der Waals surface area (Å²) in [7, 11) is 3.14. The zero-order valence-corrected chi connectivity index (χ0v) is 17.3. The van der Waals surface area contributed by atoms with Crippen molar-refractivity contribution in [1.29, 1.82) is 0 Å². The Bertz CT molecular complexity index is 1150. The molecule has 5 heteroatoms. The second kappa shape index (κ2) is 9.22. The first-order chi connectivity index (χ1) is 15.2. The van der Waals surface area contributed by atoms with Gasteiger partial charge in [0.15, 0.2) is 17.3 Å². The van der Waals surface area contributed by atoms with E-state index in [0.717, 1.165) is 11.1 Å². The van der Waals surface area contributed by atoms with Gasteiger partial charge in [-0.25, -0.2) is 0 Å². The molecule has 31 heavy (non-hydrogen) atoms. The van der Waals surface area contributed by atoms with E-state index in [1.807, 2.05) is 48.6 Å². The fraction of sp³-hybridized carbons (Fsp3) is 0.115. The average Bonchev–Trinajstić information content (AvgIpc) is 3.11. The van der Waals surface area contributed by atoms with Crippen LogP contribution in [0.2, 0.25) is 0 Å². The van der Waals surface area contributed by atoms with E-state index >= 15 is 0 Å². The molecule has 0 aromatic heterocycles. The minimum atomic E-state index is -0.166. The van der Waals surface area contributed by atoms with E-state index in [9.17, 15) is 4.79 Å². The fourth-order valence-electron chi connectivity index (χ4n) is 3.24. The summed E-state index contributed by atoms with van der Waals surface area (Å²) in [6, 6.07) is 20.7. The van der Waals surface area contributed by atoms with E-state index in [1.165, 1.54) is 0 Å². The molecule has 1 heterocycles. The molecular formula is C26H22O5. The highest BCUT2D eigenvalue weighted by atomic mass is 16.5. The van der Waals surface area contributed by atoms with Crippen LogP contribution in [0.15, 0.2) is 78.6 Å². The average molecular weight is 414 g/mol. The number of carbonyl (C=O) groups excluding carboxylic acids is 1. The number of ketones is 1. The number of carbonyl (C=O) groups is 1. The van der Waals surface area contributed by atoms with Crippen LogP contribution in [-0.2, 0) is 0 Å². The first kappa shape index (κ1) is 20.3. The van der Waals surface area contributed by atoms with Crippen molar-refractivity contribution in [3.63, 3.8) is 0 Å².